The minimum atomic E-state index is -4.95. The Balaban J connectivity index is 2.26. The van der Waals surface area contributed by atoms with Gasteiger partial charge in [0.15, 0.2) is 0 Å². The molecule has 2 aromatic rings. The molecule has 1 aromatic carbocycles. The Morgan fingerprint density at radius 3 is 2.68 bits per heavy atom. The first-order chi connectivity index (χ1) is 11.7. The van der Waals surface area contributed by atoms with Crippen LogP contribution in [0.25, 0.3) is 10.9 Å². The second-order valence-electron chi connectivity index (χ2n) is 6.15. The molecule has 0 saturated heterocycles. The summed E-state index contributed by atoms with van der Waals surface area (Å²) in [5.74, 6) is 3.55. The molecule has 130 valence electrons. The van der Waals surface area contributed by atoms with Gasteiger partial charge in [-0.15, -0.1) is 5.92 Å². The van der Waals surface area contributed by atoms with Crippen molar-refractivity contribution in [3.05, 3.63) is 47.7 Å². The zero-order valence-electron chi connectivity index (χ0n) is 13.9. The Kier molecular flexibility index (Phi) is 3.91. The highest BCUT2D eigenvalue weighted by Crippen LogP contribution is 2.44. The molecule has 1 N–H and O–H groups in total. The van der Waals surface area contributed by atoms with E-state index < -0.39 is 17.6 Å². The Labute approximate surface area is 143 Å². The highest BCUT2D eigenvalue weighted by Gasteiger charge is 2.52. The number of aromatic nitrogens is 1. The van der Waals surface area contributed by atoms with Crippen LogP contribution in [0.2, 0.25) is 0 Å². The first-order valence-corrected chi connectivity index (χ1v) is 7.82. The van der Waals surface area contributed by atoms with Gasteiger partial charge in [0.25, 0.3) is 0 Å². The fourth-order valence-corrected chi connectivity index (χ4v) is 3.50. The van der Waals surface area contributed by atoms with Gasteiger partial charge in [-0.1, -0.05) is 30.7 Å². The van der Waals surface area contributed by atoms with E-state index in [4.69, 9.17) is 0 Å². The number of hydrogen-bond donors (Lipinski definition) is 1. The summed E-state index contributed by atoms with van der Waals surface area (Å²) in [6.45, 7) is 6.97. The van der Waals surface area contributed by atoms with Crippen LogP contribution in [-0.4, -0.2) is 28.5 Å². The molecule has 0 radical (unpaired) electrons. The van der Waals surface area contributed by atoms with E-state index in [9.17, 15) is 18.0 Å². The van der Waals surface area contributed by atoms with Crippen molar-refractivity contribution in [2.75, 3.05) is 6.54 Å². The number of para-hydroxylation sites is 1. The predicted molar refractivity (Wildman–Crippen MR) is 89.7 cm³/mol. The second kappa shape index (κ2) is 5.69. The minimum absolute atomic E-state index is 0.0475. The zero-order valence-corrected chi connectivity index (χ0v) is 13.9. The fraction of sp³-hybridized carbons (Fsp3) is 0.316. The maximum Gasteiger partial charge on any atom is 0.471 e. The van der Waals surface area contributed by atoms with Gasteiger partial charge in [-0.05, 0) is 31.9 Å². The number of benzene rings is 1. The molecule has 1 aliphatic rings. The standard InChI is InChI=1S/C19H17F3N2O/c1-4-7-12(2)18(3)16-14(13-8-5-6-9-15(13)23-16)10-11-24(18)17(25)19(20,21)22/h5-6,8-9,23H,2,10-11H2,1,3H3/t18-/m0/s1. The van der Waals surface area contributed by atoms with E-state index in [1.54, 1.807) is 13.8 Å². The number of amides is 1. The average Bonchev–Trinajstić information content (AvgIpc) is 2.94. The van der Waals surface area contributed by atoms with E-state index in [0.717, 1.165) is 21.4 Å². The van der Waals surface area contributed by atoms with Crippen LogP contribution >= 0.6 is 0 Å². The number of nitrogens with one attached hydrogen (secondary N) is 1. The van der Waals surface area contributed by atoms with Crippen molar-refractivity contribution in [1.29, 1.82) is 0 Å². The van der Waals surface area contributed by atoms with E-state index in [2.05, 4.69) is 23.4 Å². The van der Waals surface area contributed by atoms with Gasteiger partial charge in [0.2, 0.25) is 0 Å². The molecule has 0 fully saturated rings. The van der Waals surface area contributed by atoms with Gasteiger partial charge in [0, 0.05) is 23.0 Å². The van der Waals surface area contributed by atoms with E-state index >= 15 is 0 Å². The van der Waals surface area contributed by atoms with Gasteiger partial charge in [-0.25, -0.2) is 0 Å². The zero-order chi connectivity index (χ0) is 18.4. The van der Waals surface area contributed by atoms with Gasteiger partial charge in [0.05, 0.1) is 5.69 Å². The van der Waals surface area contributed by atoms with Crippen molar-refractivity contribution in [2.45, 2.75) is 32.0 Å². The minimum Gasteiger partial charge on any atom is -0.356 e. The van der Waals surface area contributed by atoms with E-state index in [0.29, 0.717) is 12.1 Å². The number of alkyl halides is 3. The summed E-state index contributed by atoms with van der Waals surface area (Å²) in [4.78, 5) is 16.1. The van der Waals surface area contributed by atoms with Crippen LogP contribution in [0.5, 0.6) is 0 Å². The monoisotopic (exact) mass is 346 g/mol. The Morgan fingerprint density at radius 1 is 1.36 bits per heavy atom. The largest absolute Gasteiger partial charge is 0.471 e. The number of rotatable bonds is 1. The molecule has 0 bridgehead atoms. The third-order valence-corrected chi connectivity index (χ3v) is 4.78. The lowest BCUT2D eigenvalue weighted by atomic mass is 9.81. The molecule has 2 heterocycles. The molecule has 1 aliphatic heterocycles. The number of halogens is 3. The number of carbonyl (C=O) groups excluding carboxylic acids is 1. The van der Waals surface area contributed by atoms with Gasteiger partial charge in [0.1, 0.15) is 5.54 Å². The molecule has 0 unspecified atom stereocenters. The van der Waals surface area contributed by atoms with Crippen molar-refractivity contribution >= 4 is 16.8 Å². The van der Waals surface area contributed by atoms with Crippen molar-refractivity contribution in [2.24, 2.45) is 0 Å². The summed E-state index contributed by atoms with van der Waals surface area (Å²) >= 11 is 0. The Morgan fingerprint density at radius 2 is 2.04 bits per heavy atom. The predicted octanol–water partition coefficient (Wildman–Crippen LogP) is 3.91. The van der Waals surface area contributed by atoms with Gasteiger partial charge >= 0.3 is 12.1 Å². The highest BCUT2D eigenvalue weighted by atomic mass is 19.4. The van der Waals surface area contributed by atoms with Crippen molar-refractivity contribution in [1.82, 2.24) is 9.88 Å². The SMILES string of the molecule is C=C(C#CC)[C@@]1(C)c2[nH]c3ccccc3c2CCN1C(=O)C(F)(F)F. The average molecular weight is 346 g/mol. The van der Waals surface area contributed by atoms with E-state index in [1.807, 2.05) is 24.3 Å². The summed E-state index contributed by atoms with van der Waals surface area (Å²) in [5, 5.41) is 0.945. The Bertz CT molecular complexity index is 930. The fourth-order valence-electron chi connectivity index (χ4n) is 3.50. The molecule has 1 aromatic heterocycles. The molecule has 6 heteroatoms. The van der Waals surface area contributed by atoms with Crippen LogP contribution in [0.1, 0.15) is 25.1 Å². The molecule has 1 amide bonds. The summed E-state index contributed by atoms with van der Waals surface area (Å²) in [7, 11) is 0. The van der Waals surface area contributed by atoms with Crippen LogP contribution in [-0.2, 0) is 16.8 Å². The third-order valence-electron chi connectivity index (χ3n) is 4.78. The molecule has 1 atom stereocenters. The summed E-state index contributed by atoms with van der Waals surface area (Å²) in [5.41, 5.74) is 1.15. The number of fused-ring (bicyclic) bond motifs is 3. The normalized spacial score (nSPS) is 20.0. The van der Waals surface area contributed by atoms with E-state index in [-0.39, 0.29) is 12.1 Å². The van der Waals surface area contributed by atoms with Crippen LogP contribution in [0.4, 0.5) is 13.2 Å². The highest BCUT2D eigenvalue weighted by molar-refractivity contribution is 5.88. The number of aromatic amines is 1. The lowest BCUT2D eigenvalue weighted by molar-refractivity contribution is -0.191. The van der Waals surface area contributed by atoms with Crippen LogP contribution < -0.4 is 0 Å². The molecule has 0 aliphatic carbocycles. The van der Waals surface area contributed by atoms with Gasteiger partial charge in [-0.2, -0.15) is 13.2 Å². The molecule has 25 heavy (non-hydrogen) atoms. The molecule has 3 rings (SSSR count). The third kappa shape index (κ3) is 2.51. The summed E-state index contributed by atoms with van der Waals surface area (Å²) in [6, 6.07) is 7.50. The van der Waals surface area contributed by atoms with Crippen molar-refractivity contribution in [3.63, 3.8) is 0 Å². The lowest BCUT2D eigenvalue weighted by Crippen LogP contribution is -2.56. The Hall–Kier alpha value is -2.68. The van der Waals surface area contributed by atoms with Crippen LogP contribution in [0.15, 0.2) is 36.4 Å². The topological polar surface area (TPSA) is 36.1 Å². The first-order valence-electron chi connectivity index (χ1n) is 7.82. The number of hydrogen-bond acceptors (Lipinski definition) is 1. The summed E-state index contributed by atoms with van der Waals surface area (Å²) < 4.78 is 39.4. The molecule has 3 nitrogen and oxygen atoms in total. The van der Waals surface area contributed by atoms with Gasteiger partial charge < -0.3 is 9.88 Å². The molecule has 0 spiro atoms. The maximum atomic E-state index is 13.1. The smallest absolute Gasteiger partial charge is 0.356 e. The van der Waals surface area contributed by atoms with Crippen molar-refractivity contribution in [3.8, 4) is 11.8 Å². The quantitative estimate of drug-likeness (QED) is 0.781. The van der Waals surface area contributed by atoms with Gasteiger partial charge in [-0.3, -0.25) is 4.79 Å². The van der Waals surface area contributed by atoms with E-state index in [1.165, 1.54) is 0 Å². The first kappa shape index (κ1) is 17.2. The number of H-pyrrole nitrogens is 1. The van der Waals surface area contributed by atoms with Crippen LogP contribution in [0.3, 0.4) is 0 Å². The molecule has 0 saturated carbocycles. The van der Waals surface area contributed by atoms with Crippen molar-refractivity contribution < 1.29 is 18.0 Å². The molecular formula is C19H17F3N2O. The number of nitrogens with zero attached hydrogens (tertiary/aromatic N) is 1. The number of carbonyl (C=O) groups is 1. The lowest BCUT2D eigenvalue weighted by Gasteiger charge is -2.44. The maximum absolute atomic E-state index is 13.1. The van der Waals surface area contributed by atoms with Crippen LogP contribution in [0, 0.1) is 11.8 Å². The molecular weight excluding hydrogens is 329 g/mol. The second-order valence-corrected chi connectivity index (χ2v) is 6.15. The summed E-state index contributed by atoms with van der Waals surface area (Å²) in [6.07, 6.45) is -4.62.